The van der Waals surface area contributed by atoms with E-state index in [0.29, 0.717) is 11.3 Å². The fourth-order valence-corrected chi connectivity index (χ4v) is 1.14. The second kappa shape index (κ2) is 2.90. The molecule has 66 valence electrons. The van der Waals surface area contributed by atoms with E-state index < -0.39 is 5.82 Å². The number of hydrogen-bond acceptors (Lipinski definition) is 2. The van der Waals surface area contributed by atoms with Gasteiger partial charge >= 0.3 is 0 Å². The Morgan fingerprint density at radius 3 is 2.85 bits per heavy atom. The summed E-state index contributed by atoms with van der Waals surface area (Å²) in [5.74, 6) is -0.987. The van der Waals surface area contributed by atoms with E-state index in [9.17, 15) is 9.50 Å². The molecule has 0 bridgehead atoms. The van der Waals surface area contributed by atoms with Gasteiger partial charge in [-0.3, -0.25) is 5.10 Å². The van der Waals surface area contributed by atoms with Gasteiger partial charge in [0.2, 0.25) is 0 Å². The van der Waals surface area contributed by atoms with Crippen molar-refractivity contribution in [3.8, 4) is 17.0 Å². The number of nitrogens with one attached hydrogen (secondary N) is 1. The van der Waals surface area contributed by atoms with Crippen LogP contribution >= 0.6 is 0 Å². The Bertz CT molecular complexity index is 412. The maximum atomic E-state index is 12.9. The Kier molecular flexibility index (Phi) is 1.73. The number of aromatic nitrogens is 2. The highest BCUT2D eigenvalue weighted by Crippen LogP contribution is 2.29. The minimum Gasteiger partial charge on any atom is -0.504 e. The van der Waals surface area contributed by atoms with Crippen molar-refractivity contribution in [2.24, 2.45) is 0 Å². The Balaban J connectivity index is 2.59. The van der Waals surface area contributed by atoms with E-state index in [-0.39, 0.29) is 5.75 Å². The third-order valence-corrected chi connectivity index (χ3v) is 1.78. The first-order valence-corrected chi connectivity index (χ1v) is 3.76. The van der Waals surface area contributed by atoms with Gasteiger partial charge < -0.3 is 5.11 Å². The monoisotopic (exact) mass is 178 g/mol. The average Bonchev–Trinajstić information content (AvgIpc) is 2.62. The van der Waals surface area contributed by atoms with Gasteiger partial charge in [-0.2, -0.15) is 5.10 Å². The zero-order valence-corrected chi connectivity index (χ0v) is 6.66. The van der Waals surface area contributed by atoms with Gasteiger partial charge in [0.1, 0.15) is 0 Å². The molecule has 0 amide bonds. The molecule has 0 saturated heterocycles. The van der Waals surface area contributed by atoms with Crippen molar-refractivity contribution < 1.29 is 9.50 Å². The highest BCUT2D eigenvalue weighted by Gasteiger charge is 2.08. The molecule has 4 heteroatoms. The second-order valence-corrected chi connectivity index (χ2v) is 2.61. The molecule has 0 aliphatic rings. The van der Waals surface area contributed by atoms with E-state index in [1.165, 1.54) is 12.1 Å². The van der Waals surface area contributed by atoms with Gasteiger partial charge in [-0.1, -0.05) is 6.07 Å². The first-order valence-electron chi connectivity index (χ1n) is 3.76. The lowest BCUT2D eigenvalue weighted by Gasteiger charge is -2.01. The lowest BCUT2D eigenvalue weighted by atomic mass is 10.1. The second-order valence-electron chi connectivity index (χ2n) is 2.61. The number of nitrogens with zero attached hydrogens (tertiary/aromatic N) is 1. The fourth-order valence-electron chi connectivity index (χ4n) is 1.14. The fraction of sp³-hybridized carbons (Fsp3) is 0. The Labute approximate surface area is 73.8 Å². The largest absolute Gasteiger partial charge is 0.504 e. The van der Waals surface area contributed by atoms with E-state index in [1.807, 2.05) is 0 Å². The van der Waals surface area contributed by atoms with Gasteiger partial charge in [0.15, 0.2) is 11.6 Å². The third-order valence-electron chi connectivity index (χ3n) is 1.78. The zero-order valence-electron chi connectivity index (χ0n) is 6.66. The van der Waals surface area contributed by atoms with Gasteiger partial charge in [0.05, 0.1) is 5.69 Å². The summed E-state index contributed by atoms with van der Waals surface area (Å²) in [5, 5.41) is 15.7. The standard InChI is InChI=1S/C9H7FN2O/c10-7-3-1-2-6(9(7)13)8-4-5-11-12-8/h1-5,13H,(H,11,12). The van der Waals surface area contributed by atoms with Crippen molar-refractivity contribution in [3.63, 3.8) is 0 Å². The molecule has 0 spiro atoms. The number of halogens is 1. The first-order chi connectivity index (χ1) is 6.29. The topological polar surface area (TPSA) is 48.9 Å². The summed E-state index contributed by atoms with van der Waals surface area (Å²) < 4.78 is 12.9. The third kappa shape index (κ3) is 1.26. The van der Waals surface area contributed by atoms with Crippen LogP contribution in [0.1, 0.15) is 0 Å². The van der Waals surface area contributed by atoms with Gasteiger partial charge in [-0.25, -0.2) is 4.39 Å². The predicted molar refractivity (Wildman–Crippen MR) is 45.6 cm³/mol. The molecule has 2 aromatic rings. The van der Waals surface area contributed by atoms with E-state index in [0.717, 1.165) is 0 Å². The zero-order chi connectivity index (χ0) is 9.26. The molecule has 2 rings (SSSR count). The van der Waals surface area contributed by atoms with Crippen LogP contribution in [0.15, 0.2) is 30.5 Å². The van der Waals surface area contributed by atoms with Crippen LogP contribution < -0.4 is 0 Å². The number of phenolic OH excluding ortho intramolecular Hbond substituents is 1. The highest BCUT2D eigenvalue weighted by atomic mass is 19.1. The van der Waals surface area contributed by atoms with Crippen LogP contribution in [0.25, 0.3) is 11.3 Å². The average molecular weight is 178 g/mol. The Morgan fingerprint density at radius 2 is 2.15 bits per heavy atom. The van der Waals surface area contributed by atoms with Crippen molar-refractivity contribution >= 4 is 0 Å². The van der Waals surface area contributed by atoms with Crippen LogP contribution in [0, 0.1) is 5.82 Å². The normalized spacial score (nSPS) is 10.2. The van der Waals surface area contributed by atoms with Gasteiger partial charge in [-0.05, 0) is 18.2 Å². The molecule has 0 saturated carbocycles. The summed E-state index contributed by atoms with van der Waals surface area (Å²) in [7, 11) is 0. The number of benzene rings is 1. The minimum absolute atomic E-state index is 0.355. The summed E-state index contributed by atoms with van der Waals surface area (Å²) in [6, 6.07) is 6.01. The maximum Gasteiger partial charge on any atom is 0.165 e. The molecule has 0 unspecified atom stereocenters. The van der Waals surface area contributed by atoms with Gasteiger partial charge in [0, 0.05) is 11.8 Å². The van der Waals surface area contributed by atoms with Crippen molar-refractivity contribution in [1.29, 1.82) is 0 Å². The quantitative estimate of drug-likeness (QED) is 0.700. The number of hydrogen-bond donors (Lipinski definition) is 2. The van der Waals surface area contributed by atoms with Gasteiger partial charge in [-0.15, -0.1) is 0 Å². The number of aromatic hydroxyl groups is 1. The van der Waals surface area contributed by atoms with Crippen molar-refractivity contribution in [2.75, 3.05) is 0 Å². The number of phenols is 1. The van der Waals surface area contributed by atoms with Gasteiger partial charge in [0.25, 0.3) is 0 Å². The smallest absolute Gasteiger partial charge is 0.165 e. The molecule has 0 aliphatic heterocycles. The van der Waals surface area contributed by atoms with E-state index in [4.69, 9.17) is 0 Å². The van der Waals surface area contributed by atoms with Crippen molar-refractivity contribution in [2.45, 2.75) is 0 Å². The molecule has 0 fully saturated rings. The molecule has 0 aliphatic carbocycles. The van der Waals surface area contributed by atoms with Crippen LogP contribution in [0.5, 0.6) is 5.75 Å². The molecule has 3 nitrogen and oxygen atoms in total. The lowest BCUT2D eigenvalue weighted by Crippen LogP contribution is -1.82. The van der Waals surface area contributed by atoms with Crippen LogP contribution in [0.4, 0.5) is 4.39 Å². The summed E-state index contributed by atoms with van der Waals surface area (Å²) in [5.41, 5.74) is 1.01. The van der Waals surface area contributed by atoms with Crippen molar-refractivity contribution in [3.05, 3.63) is 36.3 Å². The summed E-state index contributed by atoms with van der Waals surface area (Å²) in [6.07, 6.45) is 1.54. The predicted octanol–water partition coefficient (Wildman–Crippen LogP) is 1.92. The van der Waals surface area contributed by atoms with E-state index in [1.54, 1.807) is 18.3 Å². The minimum atomic E-state index is -0.632. The summed E-state index contributed by atoms with van der Waals surface area (Å²) in [4.78, 5) is 0. The maximum absolute atomic E-state index is 12.9. The Hall–Kier alpha value is -1.84. The highest BCUT2D eigenvalue weighted by molar-refractivity contribution is 5.66. The number of H-pyrrole nitrogens is 1. The number of para-hydroxylation sites is 1. The molecule has 1 heterocycles. The molecule has 1 aromatic heterocycles. The number of rotatable bonds is 1. The Morgan fingerprint density at radius 1 is 1.31 bits per heavy atom. The molecular formula is C9H7FN2O. The molecular weight excluding hydrogens is 171 g/mol. The van der Waals surface area contributed by atoms with Crippen LogP contribution in [0.2, 0.25) is 0 Å². The molecule has 0 atom stereocenters. The van der Waals surface area contributed by atoms with Crippen molar-refractivity contribution in [1.82, 2.24) is 10.2 Å². The van der Waals surface area contributed by atoms with Crippen LogP contribution in [-0.2, 0) is 0 Å². The first kappa shape index (κ1) is 7.79. The molecule has 13 heavy (non-hydrogen) atoms. The summed E-state index contributed by atoms with van der Waals surface area (Å²) >= 11 is 0. The summed E-state index contributed by atoms with van der Waals surface area (Å²) in [6.45, 7) is 0. The molecule has 2 N–H and O–H groups in total. The number of aromatic amines is 1. The molecule has 0 radical (unpaired) electrons. The molecule has 1 aromatic carbocycles. The SMILES string of the molecule is Oc1c(F)cccc1-c1ccn[nH]1. The van der Waals surface area contributed by atoms with E-state index >= 15 is 0 Å². The lowest BCUT2D eigenvalue weighted by molar-refractivity contribution is 0.434. The van der Waals surface area contributed by atoms with Crippen LogP contribution in [-0.4, -0.2) is 15.3 Å². The van der Waals surface area contributed by atoms with E-state index in [2.05, 4.69) is 10.2 Å². The van der Waals surface area contributed by atoms with Crippen LogP contribution in [0.3, 0.4) is 0 Å².